The average molecular weight is 234 g/mol. The molecule has 0 amide bonds. The Labute approximate surface area is 98.5 Å². The molecular weight excluding hydrogens is 220 g/mol. The van der Waals surface area contributed by atoms with Crippen LogP contribution in [0.1, 0.15) is 23.0 Å². The van der Waals surface area contributed by atoms with Crippen LogP contribution in [0.3, 0.4) is 0 Å². The second-order valence-corrected chi connectivity index (χ2v) is 3.85. The first kappa shape index (κ1) is 11.4. The molecule has 0 fully saturated rings. The van der Waals surface area contributed by atoms with Gasteiger partial charge in [0, 0.05) is 31.5 Å². The standard InChI is InChI=1S/C11H14N4O2/c1-4-15-6-9(11(16)17)10(13-15)8-5-14(3)12-7(8)2/h5-6H,4H2,1-3H3,(H,16,17). The third kappa shape index (κ3) is 1.93. The maximum absolute atomic E-state index is 11.2. The van der Waals surface area contributed by atoms with Crippen molar-refractivity contribution < 1.29 is 9.90 Å². The van der Waals surface area contributed by atoms with E-state index < -0.39 is 5.97 Å². The minimum Gasteiger partial charge on any atom is -0.478 e. The number of aromatic carboxylic acids is 1. The van der Waals surface area contributed by atoms with Gasteiger partial charge in [0.05, 0.1) is 5.69 Å². The topological polar surface area (TPSA) is 72.9 Å². The maximum atomic E-state index is 11.2. The highest BCUT2D eigenvalue weighted by molar-refractivity contribution is 5.94. The predicted octanol–water partition coefficient (Wildman–Crippen LogP) is 1.31. The summed E-state index contributed by atoms with van der Waals surface area (Å²) >= 11 is 0. The fourth-order valence-corrected chi connectivity index (χ4v) is 1.77. The molecule has 0 saturated carbocycles. The summed E-state index contributed by atoms with van der Waals surface area (Å²) in [4.78, 5) is 11.2. The van der Waals surface area contributed by atoms with Gasteiger partial charge >= 0.3 is 5.97 Å². The van der Waals surface area contributed by atoms with E-state index >= 15 is 0 Å². The van der Waals surface area contributed by atoms with Gasteiger partial charge in [-0.25, -0.2) is 4.79 Å². The van der Waals surface area contributed by atoms with Crippen molar-refractivity contribution in [2.75, 3.05) is 0 Å². The summed E-state index contributed by atoms with van der Waals surface area (Å²) in [6, 6.07) is 0. The number of carboxylic acids is 1. The molecule has 0 spiro atoms. The van der Waals surface area contributed by atoms with Gasteiger partial charge in [-0.2, -0.15) is 10.2 Å². The second-order valence-electron chi connectivity index (χ2n) is 3.85. The van der Waals surface area contributed by atoms with Gasteiger partial charge in [-0.1, -0.05) is 0 Å². The highest BCUT2D eigenvalue weighted by atomic mass is 16.4. The lowest BCUT2D eigenvalue weighted by atomic mass is 10.1. The number of hydrogen-bond donors (Lipinski definition) is 1. The third-order valence-corrected chi connectivity index (χ3v) is 2.58. The first-order valence-corrected chi connectivity index (χ1v) is 5.34. The molecule has 0 atom stereocenters. The van der Waals surface area contributed by atoms with Gasteiger partial charge in [0.1, 0.15) is 11.3 Å². The number of aryl methyl sites for hydroxylation is 3. The van der Waals surface area contributed by atoms with E-state index in [9.17, 15) is 4.79 Å². The molecule has 17 heavy (non-hydrogen) atoms. The molecule has 0 aliphatic heterocycles. The van der Waals surface area contributed by atoms with Gasteiger partial charge in [-0.05, 0) is 13.8 Å². The van der Waals surface area contributed by atoms with Gasteiger partial charge < -0.3 is 5.11 Å². The Balaban J connectivity index is 2.61. The lowest BCUT2D eigenvalue weighted by molar-refractivity contribution is 0.0697. The van der Waals surface area contributed by atoms with Gasteiger partial charge in [0.2, 0.25) is 0 Å². The molecule has 2 heterocycles. The molecule has 6 nitrogen and oxygen atoms in total. The number of aromatic nitrogens is 4. The van der Waals surface area contributed by atoms with E-state index in [0.29, 0.717) is 12.2 Å². The third-order valence-electron chi connectivity index (χ3n) is 2.58. The van der Waals surface area contributed by atoms with E-state index in [2.05, 4.69) is 10.2 Å². The van der Waals surface area contributed by atoms with Crippen molar-refractivity contribution in [1.82, 2.24) is 19.6 Å². The van der Waals surface area contributed by atoms with Crippen molar-refractivity contribution in [2.24, 2.45) is 7.05 Å². The lowest BCUT2D eigenvalue weighted by Crippen LogP contribution is -1.96. The smallest absolute Gasteiger partial charge is 0.339 e. The monoisotopic (exact) mass is 234 g/mol. The Morgan fingerprint density at radius 1 is 1.41 bits per heavy atom. The quantitative estimate of drug-likeness (QED) is 0.869. The van der Waals surface area contributed by atoms with Gasteiger partial charge in [0.15, 0.2) is 0 Å². The van der Waals surface area contributed by atoms with Crippen molar-refractivity contribution in [3.63, 3.8) is 0 Å². The molecule has 0 unspecified atom stereocenters. The van der Waals surface area contributed by atoms with Crippen LogP contribution in [-0.2, 0) is 13.6 Å². The second kappa shape index (κ2) is 4.04. The van der Waals surface area contributed by atoms with Crippen LogP contribution in [0.4, 0.5) is 0 Å². The molecule has 0 saturated heterocycles. The van der Waals surface area contributed by atoms with Crippen LogP contribution < -0.4 is 0 Å². The van der Waals surface area contributed by atoms with Crippen molar-refractivity contribution in [2.45, 2.75) is 20.4 Å². The van der Waals surface area contributed by atoms with Crippen LogP contribution in [0, 0.1) is 6.92 Å². The van der Waals surface area contributed by atoms with Crippen LogP contribution in [0.25, 0.3) is 11.3 Å². The SMILES string of the molecule is CCn1cc(C(=O)O)c(-c2cn(C)nc2C)n1. The molecule has 0 radical (unpaired) electrons. The molecule has 2 rings (SSSR count). The molecule has 0 aromatic carbocycles. The Morgan fingerprint density at radius 3 is 2.59 bits per heavy atom. The lowest BCUT2D eigenvalue weighted by Gasteiger charge is -1.95. The van der Waals surface area contributed by atoms with Gasteiger partial charge in [0.25, 0.3) is 0 Å². The van der Waals surface area contributed by atoms with Crippen molar-refractivity contribution in [3.8, 4) is 11.3 Å². The summed E-state index contributed by atoms with van der Waals surface area (Å²) in [5.41, 5.74) is 2.22. The zero-order valence-electron chi connectivity index (χ0n) is 10.0. The summed E-state index contributed by atoms with van der Waals surface area (Å²) in [6.45, 7) is 4.39. The fraction of sp³-hybridized carbons (Fsp3) is 0.364. The summed E-state index contributed by atoms with van der Waals surface area (Å²) < 4.78 is 3.27. The summed E-state index contributed by atoms with van der Waals surface area (Å²) in [6.07, 6.45) is 3.33. The number of nitrogens with zero attached hydrogens (tertiary/aromatic N) is 4. The molecule has 0 aliphatic carbocycles. The van der Waals surface area contributed by atoms with Gasteiger partial charge in [-0.15, -0.1) is 0 Å². The largest absolute Gasteiger partial charge is 0.478 e. The zero-order valence-corrected chi connectivity index (χ0v) is 10.0. The molecule has 2 aromatic rings. The van der Waals surface area contributed by atoms with Crippen molar-refractivity contribution >= 4 is 5.97 Å². The van der Waals surface area contributed by atoms with Crippen LogP contribution >= 0.6 is 0 Å². The Kier molecular flexibility index (Phi) is 2.71. The summed E-state index contributed by atoms with van der Waals surface area (Å²) in [7, 11) is 1.80. The van der Waals surface area contributed by atoms with E-state index in [4.69, 9.17) is 5.11 Å². The minimum atomic E-state index is -0.969. The van der Waals surface area contributed by atoms with Crippen LogP contribution in [0.2, 0.25) is 0 Å². The molecule has 6 heteroatoms. The first-order chi connectivity index (χ1) is 8.02. The number of carbonyl (C=O) groups is 1. The summed E-state index contributed by atoms with van der Waals surface area (Å²) in [5.74, 6) is -0.969. The average Bonchev–Trinajstić information content (AvgIpc) is 2.81. The van der Waals surface area contributed by atoms with E-state index in [-0.39, 0.29) is 5.56 Å². The van der Waals surface area contributed by atoms with Gasteiger partial charge in [-0.3, -0.25) is 9.36 Å². The number of rotatable bonds is 3. The summed E-state index contributed by atoms with van der Waals surface area (Å²) in [5, 5.41) is 17.6. The van der Waals surface area contributed by atoms with Crippen molar-refractivity contribution in [1.29, 1.82) is 0 Å². The number of hydrogen-bond acceptors (Lipinski definition) is 3. The Bertz CT molecular complexity index is 568. The maximum Gasteiger partial charge on any atom is 0.339 e. The van der Waals surface area contributed by atoms with Crippen molar-refractivity contribution in [3.05, 3.63) is 23.7 Å². The van der Waals surface area contributed by atoms with E-state index in [1.807, 2.05) is 13.8 Å². The highest BCUT2D eigenvalue weighted by Crippen LogP contribution is 2.24. The normalized spacial score (nSPS) is 10.8. The molecule has 1 N–H and O–H groups in total. The van der Waals surface area contributed by atoms with Crippen LogP contribution in [-0.4, -0.2) is 30.6 Å². The molecule has 0 bridgehead atoms. The van der Waals surface area contributed by atoms with E-state index in [1.54, 1.807) is 28.8 Å². The number of carboxylic acid groups (broad SMARTS) is 1. The molecule has 90 valence electrons. The van der Waals surface area contributed by atoms with Crippen LogP contribution in [0.15, 0.2) is 12.4 Å². The molecule has 2 aromatic heterocycles. The van der Waals surface area contributed by atoms with E-state index in [0.717, 1.165) is 11.3 Å². The first-order valence-electron chi connectivity index (χ1n) is 5.34. The van der Waals surface area contributed by atoms with E-state index in [1.165, 1.54) is 0 Å². The molecular formula is C11H14N4O2. The van der Waals surface area contributed by atoms with Crippen LogP contribution in [0.5, 0.6) is 0 Å². The zero-order chi connectivity index (χ0) is 12.6. The predicted molar refractivity (Wildman–Crippen MR) is 61.8 cm³/mol. The Morgan fingerprint density at radius 2 is 2.12 bits per heavy atom. The Hall–Kier alpha value is -2.11. The minimum absolute atomic E-state index is 0.211. The highest BCUT2D eigenvalue weighted by Gasteiger charge is 2.19. The fourth-order valence-electron chi connectivity index (χ4n) is 1.77. The molecule has 0 aliphatic rings.